The van der Waals surface area contributed by atoms with Gasteiger partial charge in [-0.25, -0.2) is 9.38 Å². The fraction of sp³-hybridized carbons (Fsp3) is 0.462. The number of nitrogens with two attached hydrogens (primary N) is 1. The van der Waals surface area contributed by atoms with Crippen LogP contribution in [0, 0.1) is 5.82 Å². The number of ether oxygens (including phenoxy) is 1. The van der Waals surface area contributed by atoms with Crippen molar-refractivity contribution in [2.75, 3.05) is 7.11 Å². The largest absolute Gasteiger partial charge is 0.497 e. The summed E-state index contributed by atoms with van der Waals surface area (Å²) in [5.41, 5.74) is 6.44. The van der Waals surface area contributed by atoms with Crippen LogP contribution in [-0.2, 0) is 6.54 Å². The van der Waals surface area contributed by atoms with E-state index in [1.54, 1.807) is 6.07 Å². The third-order valence-corrected chi connectivity index (χ3v) is 2.61. The molecule has 0 fully saturated rings. The van der Waals surface area contributed by atoms with E-state index in [9.17, 15) is 4.39 Å². The van der Waals surface area contributed by atoms with Crippen LogP contribution in [0.3, 0.4) is 0 Å². The second kappa shape index (κ2) is 8.95. The van der Waals surface area contributed by atoms with Crippen molar-refractivity contribution in [3.8, 4) is 5.75 Å². The van der Waals surface area contributed by atoms with Crippen LogP contribution in [0.4, 0.5) is 4.39 Å². The van der Waals surface area contributed by atoms with Crippen LogP contribution in [0.5, 0.6) is 5.75 Å². The Morgan fingerprint density at radius 3 is 2.74 bits per heavy atom. The summed E-state index contributed by atoms with van der Waals surface area (Å²) in [6.45, 7) is 4.40. The third kappa shape index (κ3) is 6.60. The van der Waals surface area contributed by atoms with Crippen LogP contribution in [0.15, 0.2) is 23.2 Å². The van der Waals surface area contributed by atoms with E-state index >= 15 is 0 Å². The molecule has 6 heteroatoms. The van der Waals surface area contributed by atoms with Crippen molar-refractivity contribution in [2.24, 2.45) is 10.7 Å². The van der Waals surface area contributed by atoms with E-state index in [1.807, 2.05) is 6.92 Å². The molecule has 0 spiro atoms. The molecule has 1 atom stereocenters. The SMILES string of the molecule is CCC(C)NC(N)=NCc1cc(F)cc(OC)c1.I. The van der Waals surface area contributed by atoms with Crippen LogP contribution in [-0.4, -0.2) is 19.1 Å². The van der Waals surface area contributed by atoms with Crippen molar-refractivity contribution in [1.82, 2.24) is 5.32 Å². The van der Waals surface area contributed by atoms with Gasteiger partial charge in [0.25, 0.3) is 0 Å². The lowest BCUT2D eigenvalue weighted by Crippen LogP contribution is -2.38. The molecule has 1 aromatic rings. The second-order valence-electron chi connectivity index (χ2n) is 4.15. The monoisotopic (exact) mass is 381 g/mol. The number of halogens is 2. The maximum Gasteiger partial charge on any atom is 0.189 e. The lowest BCUT2D eigenvalue weighted by atomic mass is 10.2. The summed E-state index contributed by atoms with van der Waals surface area (Å²) in [4.78, 5) is 4.16. The van der Waals surface area contributed by atoms with Crippen LogP contribution in [0.2, 0.25) is 0 Å². The molecule has 0 aromatic heterocycles. The molecule has 0 aliphatic heterocycles. The Bertz CT molecular complexity index is 426. The van der Waals surface area contributed by atoms with E-state index in [0.29, 0.717) is 18.3 Å². The fourth-order valence-corrected chi connectivity index (χ4v) is 1.41. The maximum atomic E-state index is 13.2. The van der Waals surface area contributed by atoms with Crippen LogP contribution in [0.1, 0.15) is 25.8 Å². The normalized spacial score (nSPS) is 12.5. The standard InChI is InChI=1S/C13H20FN3O.HI/c1-4-9(2)17-13(15)16-8-10-5-11(14)7-12(6-10)18-3;/h5-7,9H,4,8H2,1-3H3,(H3,15,16,17);1H. The van der Waals surface area contributed by atoms with E-state index in [2.05, 4.69) is 17.2 Å². The van der Waals surface area contributed by atoms with Gasteiger partial charge in [0.15, 0.2) is 5.96 Å². The van der Waals surface area contributed by atoms with E-state index in [0.717, 1.165) is 12.0 Å². The highest BCUT2D eigenvalue weighted by atomic mass is 127. The van der Waals surface area contributed by atoms with Crippen molar-refractivity contribution < 1.29 is 9.13 Å². The molecular formula is C13H21FIN3O. The zero-order valence-electron chi connectivity index (χ0n) is 11.4. The first-order chi connectivity index (χ1) is 8.55. The number of nitrogens with zero attached hydrogens (tertiary/aromatic N) is 1. The van der Waals surface area contributed by atoms with E-state index in [4.69, 9.17) is 10.5 Å². The highest BCUT2D eigenvalue weighted by molar-refractivity contribution is 14.0. The zero-order chi connectivity index (χ0) is 13.5. The number of guanidine groups is 1. The number of benzene rings is 1. The topological polar surface area (TPSA) is 59.6 Å². The summed E-state index contributed by atoms with van der Waals surface area (Å²) in [6.07, 6.45) is 0.962. The van der Waals surface area contributed by atoms with Crippen LogP contribution >= 0.6 is 24.0 Å². The average Bonchev–Trinajstić information content (AvgIpc) is 2.35. The molecule has 108 valence electrons. The summed E-state index contributed by atoms with van der Waals surface area (Å²) < 4.78 is 18.2. The Balaban J connectivity index is 0.00000324. The van der Waals surface area contributed by atoms with Gasteiger partial charge in [-0.15, -0.1) is 24.0 Å². The van der Waals surface area contributed by atoms with Crippen molar-refractivity contribution in [3.05, 3.63) is 29.6 Å². The van der Waals surface area contributed by atoms with Gasteiger partial charge in [-0.05, 0) is 31.0 Å². The first kappa shape index (κ1) is 17.9. The van der Waals surface area contributed by atoms with Gasteiger partial charge in [-0.1, -0.05) is 6.92 Å². The summed E-state index contributed by atoms with van der Waals surface area (Å²) in [7, 11) is 1.50. The van der Waals surface area contributed by atoms with Gasteiger partial charge in [0.1, 0.15) is 11.6 Å². The molecule has 3 N–H and O–H groups in total. The quantitative estimate of drug-likeness (QED) is 0.469. The number of rotatable bonds is 5. The molecule has 19 heavy (non-hydrogen) atoms. The van der Waals surface area contributed by atoms with Gasteiger partial charge >= 0.3 is 0 Å². The average molecular weight is 381 g/mol. The Morgan fingerprint density at radius 2 is 2.16 bits per heavy atom. The van der Waals surface area contributed by atoms with Crippen LogP contribution in [0.25, 0.3) is 0 Å². The molecule has 0 aliphatic rings. The maximum absolute atomic E-state index is 13.2. The smallest absolute Gasteiger partial charge is 0.189 e. The van der Waals surface area contributed by atoms with Gasteiger partial charge < -0.3 is 15.8 Å². The summed E-state index contributed by atoms with van der Waals surface area (Å²) in [5, 5.41) is 3.05. The minimum atomic E-state index is -0.340. The molecule has 0 saturated heterocycles. The zero-order valence-corrected chi connectivity index (χ0v) is 13.8. The molecule has 0 saturated carbocycles. The number of nitrogens with one attached hydrogen (secondary N) is 1. The first-order valence-electron chi connectivity index (χ1n) is 5.95. The van der Waals surface area contributed by atoms with Gasteiger partial charge in [0.2, 0.25) is 0 Å². The predicted molar refractivity (Wildman–Crippen MR) is 86.6 cm³/mol. The molecule has 0 heterocycles. The van der Waals surface area contributed by atoms with Crippen molar-refractivity contribution in [3.63, 3.8) is 0 Å². The Labute approximate surface area is 130 Å². The Morgan fingerprint density at radius 1 is 1.47 bits per heavy atom. The van der Waals surface area contributed by atoms with E-state index < -0.39 is 0 Å². The molecule has 0 aliphatic carbocycles. The molecule has 0 amide bonds. The van der Waals surface area contributed by atoms with E-state index in [1.165, 1.54) is 19.2 Å². The molecule has 1 unspecified atom stereocenters. The molecule has 1 aromatic carbocycles. The number of methoxy groups -OCH3 is 1. The Hall–Kier alpha value is -1.05. The van der Waals surface area contributed by atoms with Gasteiger partial charge in [0.05, 0.1) is 13.7 Å². The van der Waals surface area contributed by atoms with Gasteiger partial charge in [0, 0.05) is 12.1 Å². The molecule has 4 nitrogen and oxygen atoms in total. The molecule has 1 rings (SSSR count). The lowest BCUT2D eigenvalue weighted by Gasteiger charge is -2.11. The minimum absolute atomic E-state index is 0. The summed E-state index contributed by atoms with van der Waals surface area (Å²) in [5.74, 6) is 0.509. The molecular weight excluding hydrogens is 360 g/mol. The third-order valence-electron chi connectivity index (χ3n) is 2.61. The number of hydrogen-bond acceptors (Lipinski definition) is 2. The summed E-state index contributed by atoms with van der Waals surface area (Å²) >= 11 is 0. The molecule has 0 bridgehead atoms. The second-order valence-corrected chi connectivity index (χ2v) is 4.15. The predicted octanol–water partition coefficient (Wildman–Crippen LogP) is 2.66. The van der Waals surface area contributed by atoms with Gasteiger partial charge in [-0.3, -0.25) is 0 Å². The highest BCUT2D eigenvalue weighted by Gasteiger charge is 2.02. The fourth-order valence-electron chi connectivity index (χ4n) is 1.41. The van der Waals surface area contributed by atoms with Gasteiger partial charge in [-0.2, -0.15) is 0 Å². The summed E-state index contributed by atoms with van der Waals surface area (Å²) in [6, 6.07) is 4.76. The minimum Gasteiger partial charge on any atom is -0.497 e. The van der Waals surface area contributed by atoms with Crippen molar-refractivity contribution >= 4 is 29.9 Å². The first-order valence-corrected chi connectivity index (χ1v) is 5.95. The van der Waals surface area contributed by atoms with Crippen LogP contribution < -0.4 is 15.8 Å². The van der Waals surface area contributed by atoms with Crippen molar-refractivity contribution in [2.45, 2.75) is 32.9 Å². The molecule has 0 radical (unpaired) electrons. The highest BCUT2D eigenvalue weighted by Crippen LogP contribution is 2.16. The van der Waals surface area contributed by atoms with Crippen molar-refractivity contribution in [1.29, 1.82) is 0 Å². The number of aliphatic imine (C=N–C) groups is 1. The Kier molecular flexibility index (Phi) is 8.46. The number of hydrogen-bond donors (Lipinski definition) is 2. The van der Waals surface area contributed by atoms with E-state index in [-0.39, 0.29) is 35.8 Å². The lowest BCUT2D eigenvalue weighted by molar-refractivity contribution is 0.410.